The van der Waals surface area contributed by atoms with Crippen molar-refractivity contribution in [3.63, 3.8) is 0 Å². The fourth-order valence-corrected chi connectivity index (χ4v) is 3.23. The summed E-state index contributed by atoms with van der Waals surface area (Å²) < 4.78 is 0. The molecule has 1 heterocycles. The van der Waals surface area contributed by atoms with E-state index in [-0.39, 0.29) is 0 Å². The third-order valence-corrected chi connectivity index (χ3v) is 5.07. The van der Waals surface area contributed by atoms with Crippen LogP contribution in [-0.2, 0) is 6.42 Å². The summed E-state index contributed by atoms with van der Waals surface area (Å²) in [5, 5.41) is 4.43. The zero-order valence-electron chi connectivity index (χ0n) is 14.6. The van der Waals surface area contributed by atoms with Gasteiger partial charge in [0.25, 0.3) is 0 Å². The molecule has 1 aliphatic heterocycles. The van der Waals surface area contributed by atoms with Gasteiger partial charge in [0.2, 0.25) is 0 Å². The van der Waals surface area contributed by atoms with Crippen LogP contribution in [0.4, 0.5) is 0 Å². The number of allylic oxidation sites excluding steroid dienone is 1. The Labute approximate surface area is 155 Å². The molecular weight excluding hydrogens is 341 g/mol. The van der Waals surface area contributed by atoms with Crippen molar-refractivity contribution in [3.05, 3.63) is 69.9 Å². The molecular formula is C19H25Cl2N3. The van der Waals surface area contributed by atoms with Crippen molar-refractivity contribution >= 4 is 23.2 Å². The van der Waals surface area contributed by atoms with E-state index >= 15 is 0 Å². The summed E-state index contributed by atoms with van der Waals surface area (Å²) in [6.07, 6.45) is 2.96. The minimum absolute atomic E-state index is 0.570. The third-order valence-electron chi connectivity index (χ3n) is 4.33. The van der Waals surface area contributed by atoms with E-state index < -0.39 is 0 Å². The minimum atomic E-state index is 0.570. The van der Waals surface area contributed by atoms with Crippen molar-refractivity contribution < 1.29 is 0 Å². The third kappa shape index (κ3) is 3.73. The van der Waals surface area contributed by atoms with Gasteiger partial charge in [0.05, 0.1) is 10.0 Å². The maximum atomic E-state index is 6.17. The van der Waals surface area contributed by atoms with Crippen LogP contribution in [0.2, 0.25) is 10.0 Å². The summed E-state index contributed by atoms with van der Waals surface area (Å²) in [4.78, 5) is 4.27. The van der Waals surface area contributed by atoms with Gasteiger partial charge in [-0.05, 0) is 24.1 Å². The van der Waals surface area contributed by atoms with E-state index in [0.29, 0.717) is 10.0 Å². The van der Waals surface area contributed by atoms with Crippen molar-refractivity contribution in [2.24, 2.45) is 0 Å². The smallest absolute Gasteiger partial charge is 0.112 e. The molecule has 0 radical (unpaired) electrons. The second-order valence-electron chi connectivity index (χ2n) is 5.93. The van der Waals surface area contributed by atoms with E-state index in [1.54, 1.807) is 0 Å². The van der Waals surface area contributed by atoms with Crippen molar-refractivity contribution in [1.29, 1.82) is 0 Å². The second kappa shape index (κ2) is 8.00. The molecule has 0 fully saturated rings. The van der Waals surface area contributed by atoms with Crippen LogP contribution in [0.5, 0.6) is 0 Å². The van der Waals surface area contributed by atoms with E-state index in [0.717, 1.165) is 54.3 Å². The number of benzene rings is 1. The fraction of sp³-hybridized carbons (Fsp3) is 0.368. The highest BCUT2D eigenvalue weighted by molar-refractivity contribution is 6.42. The Bertz CT molecular complexity index is 679. The molecule has 2 rings (SSSR count). The number of unbranched alkanes of at least 4 members (excludes halogenated alkanes) is 1. The second-order valence-corrected chi connectivity index (χ2v) is 6.74. The topological polar surface area (TPSA) is 18.5 Å². The average Bonchev–Trinajstić information content (AvgIpc) is 2.56. The van der Waals surface area contributed by atoms with Crippen LogP contribution in [0, 0.1) is 0 Å². The van der Waals surface area contributed by atoms with Crippen molar-refractivity contribution in [2.45, 2.75) is 26.2 Å². The van der Waals surface area contributed by atoms with Gasteiger partial charge < -0.3 is 15.1 Å². The largest absolute Gasteiger partial charge is 0.374 e. The molecule has 1 aliphatic rings. The average molecular weight is 366 g/mol. The highest BCUT2D eigenvalue weighted by Gasteiger charge is 2.28. The monoisotopic (exact) mass is 365 g/mol. The molecule has 0 atom stereocenters. The Balaban J connectivity index is 2.38. The predicted octanol–water partition coefficient (Wildman–Crippen LogP) is 5.00. The maximum Gasteiger partial charge on any atom is 0.112 e. The number of rotatable bonds is 6. The lowest BCUT2D eigenvalue weighted by atomic mass is 9.99. The van der Waals surface area contributed by atoms with Crippen LogP contribution in [0.15, 0.2) is 54.3 Å². The summed E-state index contributed by atoms with van der Waals surface area (Å²) >= 11 is 12.2. The molecule has 0 amide bonds. The normalized spacial score (nSPS) is 15.4. The Hall–Kier alpha value is -1.58. The molecule has 0 saturated heterocycles. The highest BCUT2D eigenvalue weighted by atomic mass is 35.5. The number of hydrogen-bond acceptors (Lipinski definition) is 3. The quantitative estimate of drug-likeness (QED) is 0.764. The van der Waals surface area contributed by atoms with Gasteiger partial charge in [-0.1, -0.05) is 55.8 Å². The molecule has 1 aromatic carbocycles. The maximum absolute atomic E-state index is 6.17. The molecule has 0 unspecified atom stereocenters. The van der Waals surface area contributed by atoms with Crippen LogP contribution in [0.1, 0.15) is 25.3 Å². The number of hydrogen-bond donors (Lipinski definition) is 1. The predicted molar refractivity (Wildman–Crippen MR) is 104 cm³/mol. The van der Waals surface area contributed by atoms with Crippen LogP contribution in [0.3, 0.4) is 0 Å². The molecule has 1 N–H and O–H groups in total. The standard InChI is InChI=1S/C19H25Cl2N3/c1-6-7-10-24-13(2)16(19(22-4)23(5)14(24)3)11-15-8-9-17(20)18(21)12-15/h8-9,12,22H,2-3,6-7,10-11H2,1,4-5H3. The zero-order valence-corrected chi connectivity index (χ0v) is 16.1. The summed E-state index contributed by atoms with van der Waals surface area (Å²) in [5.41, 5.74) is 3.23. The molecule has 24 heavy (non-hydrogen) atoms. The summed E-state index contributed by atoms with van der Waals surface area (Å²) in [6, 6.07) is 5.75. The van der Waals surface area contributed by atoms with Gasteiger partial charge in [0, 0.05) is 38.3 Å². The van der Waals surface area contributed by atoms with Crippen LogP contribution in [-0.4, -0.2) is 30.4 Å². The number of nitrogens with zero attached hydrogens (tertiary/aromatic N) is 2. The van der Waals surface area contributed by atoms with Crippen LogP contribution in [0.25, 0.3) is 0 Å². The summed E-state index contributed by atoms with van der Waals surface area (Å²) in [7, 11) is 3.94. The molecule has 0 spiro atoms. The Morgan fingerprint density at radius 3 is 2.46 bits per heavy atom. The number of nitrogens with one attached hydrogen (secondary N) is 1. The Kier molecular flexibility index (Phi) is 6.25. The fourth-order valence-electron chi connectivity index (χ4n) is 2.91. The Morgan fingerprint density at radius 1 is 1.17 bits per heavy atom. The molecule has 1 aromatic rings. The van der Waals surface area contributed by atoms with E-state index in [4.69, 9.17) is 23.2 Å². The van der Waals surface area contributed by atoms with Gasteiger partial charge in [-0.25, -0.2) is 0 Å². The van der Waals surface area contributed by atoms with E-state index in [2.05, 4.69) is 35.2 Å². The molecule has 0 aliphatic carbocycles. The first-order valence-electron chi connectivity index (χ1n) is 8.15. The van der Waals surface area contributed by atoms with Gasteiger partial charge in [-0.15, -0.1) is 0 Å². The lowest BCUT2D eigenvalue weighted by molar-refractivity contribution is 0.280. The molecule has 5 heteroatoms. The van der Waals surface area contributed by atoms with Crippen molar-refractivity contribution in [3.8, 4) is 0 Å². The minimum Gasteiger partial charge on any atom is -0.374 e. The molecule has 0 bridgehead atoms. The van der Waals surface area contributed by atoms with Crippen LogP contribution >= 0.6 is 23.2 Å². The molecule has 3 nitrogen and oxygen atoms in total. The van der Waals surface area contributed by atoms with Crippen molar-refractivity contribution in [1.82, 2.24) is 15.1 Å². The lowest BCUT2D eigenvalue weighted by Gasteiger charge is -2.42. The van der Waals surface area contributed by atoms with Crippen molar-refractivity contribution in [2.75, 3.05) is 20.6 Å². The molecule has 130 valence electrons. The number of halogens is 2. The van der Waals surface area contributed by atoms with E-state index in [9.17, 15) is 0 Å². The van der Waals surface area contributed by atoms with Gasteiger partial charge >= 0.3 is 0 Å². The van der Waals surface area contributed by atoms with Gasteiger partial charge in [0.1, 0.15) is 11.6 Å². The van der Waals surface area contributed by atoms with Gasteiger partial charge in [-0.2, -0.15) is 0 Å². The van der Waals surface area contributed by atoms with E-state index in [1.807, 2.05) is 32.3 Å². The SMILES string of the molecule is C=C1C(Cc2ccc(Cl)c(Cl)c2)=C(NC)N(C)C(=C)N1CCCC. The zero-order chi connectivity index (χ0) is 17.9. The first-order valence-corrected chi connectivity index (χ1v) is 8.90. The first-order chi connectivity index (χ1) is 11.4. The molecule has 0 aromatic heterocycles. The first kappa shape index (κ1) is 18.8. The van der Waals surface area contributed by atoms with Gasteiger partial charge in [-0.3, -0.25) is 0 Å². The lowest BCUT2D eigenvalue weighted by Crippen LogP contribution is -2.42. The summed E-state index contributed by atoms with van der Waals surface area (Å²) in [5.74, 6) is 1.96. The van der Waals surface area contributed by atoms with E-state index in [1.165, 1.54) is 0 Å². The van der Waals surface area contributed by atoms with Gasteiger partial charge in [0.15, 0.2) is 0 Å². The van der Waals surface area contributed by atoms with Crippen LogP contribution < -0.4 is 5.32 Å². The molecule has 0 saturated carbocycles. The Morgan fingerprint density at radius 2 is 1.88 bits per heavy atom. The summed E-state index contributed by atoms with van der Waals surface area (Å²) in [6.45, 7) is 11.7. The highest BCUT2D eigenvalue weighted by Crippen LogP contribution is 2.33.